The van der Waals surface area contributed by atoms with E-state index < -0.39 is 5.91 Å². The number of carbonyl (C=O) groups is 1. The van der Waals surface area contributed by atoms with Crippen molar-refractivity contribution in [3.05, 3.63) is 77.5 Å². The molecule has 0 aliphatic heterocycles. The zero-order valence-corrected chi connectivity index (χ0v) is 12.8. The SMILES string of the molecule is C[C@H](NC(=O)c1cc(-c2ccc(F)cc2)on1)c1ccc(F)cc1. The van der Waals surface area contributed by atoms with E-state index in [0.717, 1.165) is 5.56 Å². The van der Waals surface area contributed by atoms with Crippen LogP contribution in [0.15, 0.2) is 59.1 Å². The normalized spacial score (nSPS) is 12.0. The van der Waals surface area contributed by atoms with E-state index in [1.54, 1.807) is 31.2 Å². The van der Waals surface area contributed by atoms with E-state index in [2.05, 4.69) is 10.5 Å². The lowest BCUT2D eigenvalue weighted by Gasteiger charge is -2.12. The zero-order chi connectivity index (χ0) is 17.1. The van der Waals surface area contributed by atoms with Crippen molar-refractivity contribution in [2.45, 2.75) is 13.0 Å². The Labute approximate surface area is 137 Å². The Morgan fingerprint density at radius 2 is 1.62 bits per heavy atom. The number of amides is 1. The van der Waals surface area contributed by atoms with Crippen LogP contribution in [-0.4, -0.2) is 11.1 Å². The standard InChI is InChI=1S/C18H14F2N2O2/c1-11(12-2-6-14(19)7-3-12)21-18(23)16-10-17(24-22-16)13-4-8-15(20)9-5-13/h2-11H,1H3,(H,21,23)/t11-/m0/s1. The number of nitrogens with zero attached hydrogens (tertiary/aromatic N) is 1. The van der Waals surface area contributed by atoms with Crippen LogP contribution in [0.3, 0.4) is 0 Å². The molecule has 3 aromatic rings. The third-order valence-corrected chi connectivity index (χ3v) is 3.59. The van der Waals surface area contributed by atoms with E-state index in [-0.39, 0.29) is 23.4 Å². The number of carbonyl (C=O) groups excluding carboxylic acids is 1. The molecule has 1 N–H and O–H groups in total. The molecule has 6 heteroatoms. The molecule has 24 heavy (non-hydrogen) atoms. The van der Waals surface area contributed by atoms with Gasteiger partial charge in [0.2, 0.25) is 0 Å². The van der Waals surface area contributed by atoms with Crippen LogP contribution in [0.4, 0.5) is 8.78 Å². The molecule has 122 valence electrons. The molecule has 0 spiro atoms. The molecule has 1 atom stereocenters. The van der Waals surface area contributed by atoms with Gasteiger partial charge in [-0.1, -0.05) is 17.3 Å². The lowest BCUT2D eigenvalue weighted by molar-refractivity contribution is 0.0931. The van der Waals surface area contributed by atoms with Gasteiger partial charge in [-0.25, -0.2) is 8.78 Å². The second-order valence-electron chi connectivity index (χ2n) is 5.33. The average molecular weight is 328 g/mol. The molecule has 1 amide bonds. The third kappa shape index (κ3) is 3.48. The van der Waals surface area contributed by atoms with Gasteiger partial charge < -0.3 is 9.84 Å². The first-order valence-electron chi connectivity index (χ1n) is 7.32. The van der Waals surface area contributed by atoms with Gasteiger partial charge in [0.15, 0.2) is 11.5 Å². The fourth-order valence-corrected chi connectivity index (χ4v) is 2.24. The minimum Gasteiger partial charge on any atom is -0.355 e. The fraction of sp³-hybridized carbons (Fsp3) is 0.111. The quantitative estimate of drug-likeness (QED) is 0.784. The summed E-state index contributed by atoms with van der Waals surface area (Å²) in [5, 5.41) is 6.50. The molecular weight excluding hydrogens is 314 g/mol. The first kappa shape index (κ1) is 15.9. The van der Waals surface area contributed by atoms with Crippen molar-refractivity contribution >= 4 is 5.91 Å². The van der Waals surface area contributed by atoms with E-state index in [0.29, 0.717) is 11.3 Å². The van der Waals surface area contributed by atoms with Gasteiger partial charge in [-0.15, -0.1) is 0 Å². The van der Waals surface area contributed by atoms with E-state index in [9.17, 15) is 13.6 Å². The second kappa shape index (κ2) is 6.62. The predicted molar refractivity (Wildman–Crippen MR) is 84.2 cm³/mol. The predicted octanol–water partition coefficient (Wildman–Crippen LogP) is 4.11. The van der Waals surface area contributed by atoms with Crippen molar-refractivity contribution in [1.29, 1.82) is 0 Å². The lowest BCUT2D eigenvalue weighted by atomic mass is 10.1. The van der Waals surface area contributed by atoms with Crippen molar-refractivity contribution < 1.29 is 18.1 Å². The molecule has 0 fully saturated rings. The molecule has 1 aromatic heterocycles. The van der Waals surface area contributed by atoms with Crippen LogP contribution < -0.4 is 5.32 Å². The monoisotopic (exact) mass is 328 g/mol. The summed E-state index contributed by atoms with van der Waals surface area (Å²) in [6.07, 6.45) is 0. The van der Waals surface area contributed by atoms with E-state index >= 15 is 0 Å². The van der Waals surface area contributed by atoms with Crippen molar-refractivity contribution in [2.75, 3.05) is 0 Å². The summed E-state index contributed by atoms with van der Waals surface area (Å²) in [6, 6.07) is 12.7. The first-order chi connectivity index (χ1) is 11.5. The van der Waals surface area contributed by atoms with Gasteiger partial charge in [-0.05, 0) is 48.9 Å². The van der Waals surface area contributed by atoms with Crippen molar-refractivity contribution in [2.24, 2.45) is 0 Å². The number of benzene rings is 2. The summed E-state index contributed by atoms with van der Waals surface area (Å²) in [7, 11) is 0. The molecule has 0 unspecified atom stereocenters. The van der Waals surface area contributed by atoms with E-state index in [1.165, 1.54) is 30.3 Å². The number of hydrogen-bond donors (Lipinski definition) is 1. The number of halogens is 2. The van der Waals surface area contributed by atoms with Gasteiger partial charge in [0.1, 0.15) is 11.6 Å². The Kier molecular flexibility index (Phi) is 4.37. The summed E-state index contributed by atoms with van der Waals surface area (Å²) in [4.78, 5) is 12.2. The van der Waals surface area contributed by atoms with Gasteiger partial charge in [0.25, 0.3) is 5.91 Å². The molecule has 1 heterocycles. The van der Waals surface area contributed by atoms with Crippen LogP contribution in [0.1, 0.15) is 29.0 Å². The highest BCUT2D eigenvalue weighted by Crippen LogP contribution is 2.21. The third-order valence-electron chi connectivity index (χ3n) is 3.59. The van der Waals surface area contributed by atoms with Gasteiger partial charge in [0.05, 0.1) is 6.04 Å². The molecule has 0 aliphatic carbocycles. The Balaban J connectivity index is 1.71. The van der Waals surface area contributed by atoms with Gasteiger partial charge >= 0.3 is 0 Å². The molecule has 0 saturated carbocycles. The smallest absolute Gasteiger partial charge is 0.273 e. The van der Waals surface area contributed by atoms with Crippen LogP contribution in [0.5, 0.6) is 0 Å². The lowest BCUT2D eigenvalue weighted by Crippen LogP contribution is -2.26. The first-order valence-corrected chi connectivity index (χ1v) is 7.32. The average Bonchev–Trinajstić information content (AvgIpc) is 3.06. The van der Waals surface area contributed by atoms with Crippen LogP contribution in [-0.2, 0) is 0 Å². The van der Waals surface area contributed by atoms with E-state index in [4.69, 9.17) is 4.52 Å². The molecule has 4 nitrogen and oxygen atoms in total. The second-order valence-corrected chi connectivity index (χ2v) is 5.33. The highest BCUT2D eigenvalue weighted by Gasteiger charge is 2.16. The maximum Gasteiger partial charge on any atom is 0.273 e. The summed E-state index contributed by atoms with van der Waals surface area (Å²) in [5.74, 6) is -0.736. The highest BCUT2D eigenvalue weighted by atomic mass is 19.1. The number of nitrogens with one attached hydrogen (secondary N) is 1. The summed E-state index contributed by atoms with van der Waals surface area (Å²) < 4.78 is 31.0. The van der Waals surface area contributed by atoms with E-state index in [1.807, 2.05) is 0 Å². The summed E-state index contributed by atoms with van der Waals surface area (Å²) in [5.41, 5.74) is 1.50. The molecule has 0 radical (unpaired) electrons. The van der Waals surface area contributed by atoms with Crippen LogP contribution in [0.2, 0.25) is 0 Å². The summed E-state index contributed by atoms with van der Waals surface area (Å²) >= 11 is 0. The topological polar surface area (TPSA) is 55.1 Å². The molecular formula is C18H14F2N2O2. The largest absolute Gasteiger partial charge is 0.355 e. The van der Waals surface area contributed by atoms with Crippen LogP contribution >= 0.6 is 0 Å². The molecule has 0 aliphatic rings. The maximum absolute atomic E-state index is 12.9. The maximum atomic E-state index is 12.9. The Morgan fingerprint density at radius 1 is 1.04 bits per heavy atom. The van der Waals surface area contributed by atoms with Gasteiger partial charge in [0, 0.05) is 11.6 Å². The summed E-state index contributed by atoms with van der Waals surface area (Å²) in [6.45, 7) is 1.78. The van der Waals surface area contributed by atoms with Crippen molar-refractivity contribution in [1.82, 2.24) is 10.5 Å². The number of rotatable bonds is 4. The van der Waals surface area contributed by atoms with Crippen molar-refractivity contribution in [3.8, 4) is 11.3 Å². The van der Waals surface area contributed by atoms with Crippen molar-refractivity contribution in [3.63, 3.8) is 0 Å². The zero-order valence-electron chi connectivity index (χ0n) is 12.8. The highest BCUT2D eigenvalue weighted by molar-refractivity contribution is 5.93. The number of aromatic nitrogens is 1. The Bertz CT molecular complexity index is 842. The molecule has 3 rings (SSSR count). The Morgan fingerprint density at radius 3 is 2.25 bits per heavy atom. The van der Waals surface area contributed by atoms with Crippen LogP contribution in [0.25, 0.3) is 11.3 Å². The molecule has 0 bridgehead atoms. The number of hydrogen-bond acceptors (Lipinski definition) is 3. The van der Waals surface area contributed by atoms with Gasteiger partial charge in [-0.3, -0.25) is 4.79 Å². The minimum atomic E-state index is -0.413. The van der Waals surface area contributed by atoms with Gasteiger partial charge in [-0.2, -0.15) is 0 Å². The fourth-order valence-electron chi connectivity index (χ4n) is 2.24. The Hall–Kier alpha value is -3.02. The molecule has 2 aromatic carbocycles. The minimum absolute atomic E-state index is 0.114. The van der Waals surface area contributed by atoms with Crippen LogP contribution in [0, 0.1) is 11.6 Å². The molecule has 0 saturated heterocycles.